The number of H-pyrrole nitrogens is 1. The van der Waals surface area contributed by atoms with Crippen molar-refractivity contribution in [1.82, 2.24) is 45.0 Å². The molecule has 4 amide bonds. The lowest BCUT2D eigenvalue weighted by molar-refractivity contribution is -0.135. The van der Waals surface area contributed by atoms with Gasteiger partial charge in [-0.05, 0) is 99.8 Å². The number of ether oxygens (including phenoxy) is 1. The van der Waals surface area contributed by atoms with Gasteiger partial charge in [-0.25, -0.2) is 14.3 Å². The molecular weight excluding hydrogens is 711 g/mol. The van der Waals surface area contributed by atoms with Gasteiger partial charge in [-0.1, -0.05) is 30.3 Å². The Hall–Kier alpha value is -5.21. The number of piperidine rings is 2. The maximum absolute atomic E-state index is 14.4. The summed E-state index contributed by atoms with van der Waals surface area (Å²) < 4.78 is 7.03. The van der Waals surface area contributed by atoms with Crippen LogP contribution in [0, 0.1) is 6.92 Å². The van der Waals surface area contributed by atoms with Gasteiger partial charge in [-0.15, -0.1) is 6.58 Å². The number of nitrogens with one attached hydrogen (secondary N) is 3. The topological polar surface area (TPSA) is 148 Å². The molecule has 1 unspecified atom stereocenters. The summed E-state index contributed by atoms with van der Waals surface area (Å²) in [4.78, 5) is 65.1. The maximum atomic E-state index is 14.4. The molecule has 0 spiro atoms. The third kappa shape index (κ3) is 9.08. The summed E-state index contributed by atoms with van der Waals surface area (Å²) in [6.07, 6.45) is 7.49. The minimum Gasteiger partial charge on any atom is -0.426 e. The van der Waals surface area contributed by atoms with E-state index >= 15 is 0 Å². The molecule has 3 saturated heterocycles. The van der Waals surface area contributed by atoms with Crippen LogP contribution in [0.4, 0.5) is 9.59 Å². The smallest absolute Gasteiger partial charge is 0.408 e. The standard InChI is InChI=1S/C42H55N9O5/c1-4-5-14-43-42(55)56-28-51-38-29(2)23-30(24-33(38)27-44-51)25-37(40(53)49-21-19-48(20-22-49)34-12-15-47(3)16-13-34)46-41(54)50-17-10-31(11-18-50)35-26-32-8-6-7-9-36(32)45-39(35)52/h4,6-9,23-24,26-27,31,34,37H,1,5,10-22,25,28H2,2-3H3,(H,43,55)(H,45,52)(H,46,54). The summed E-state index contributed by atoms with van der Waals surface area (Å²) in [5.41, 5.74) is 4.13. The summed E-state index contributed by atoms with van der Waals surface area (Å²) in [5.74, 6) is -0.0402. The van der Waals surface area contributed by atoms with Crippen LogP contribution in [-0.4, -0.2) is 130 Å². The Morgan fingerprint density at radius 3 is 2.46 bits per heavy atom. The number of urea groups is 1. The molecule has 14 nitrogen and oxygen atoms in total. The van der Waals surface area contributed by atoms with Crippen molar-refractivity contribution in [2.45, 2.75) is 70.2 Å². The van der Waals surface area contributed by atoms with Crippen molar-refractivity contribution in [3.05, 3.63) is 88.4 Å². The number of pyridine rings is 1. The molecule has 4 aromatic rings. The first kappa shape index (κ1) is 39.0. The second-order valence-corrected chi connectivity index (χ2v) is 15.6. The Balaban J connectivity index is 1.04. The number of alkyl carbamates (subject to hydrolysis) is 1. The molecule has 0 bridgehead atoms. The predicted molar refractivity (Wildman–Crippen MR) is 217 cm³/mol. The third-order valence-corrected chi connectivity index (χ3v) is 11.8. The second kappa shape index (κ2) is 17.7. The highest BCUT2D eigenvalue weighted by Gasteiger charge is 2.34. The van der Waals surface area contributed by atoms with Gasteiger partial charge < -0.3 is 35.1 Å². The number of amides is 4. The number of hydrogen-bond donors (Lipinski definition) is 3. The van der Waals surface area contributed by atoms with Crippen molar-refractivity contribution in [2.75, 3.05) is 66.0 Å². The minimum absolute atomic E-state index is 0.0401. The predicted octanol–water partition coefficient (Wildman–Crippen LogP) is 4.18. The molecule has 3 fully saturated rings. The summed E-state index contributed by atoms with van der Waals surface area (Å²) in [6.45, 7) is 12.1. The van der Waals surface area contributed by atoms with Crippen molar-refractivity contribution in [3.63, 3.8) is 0 Å². The summed E-state index contributed by atoms with van der Waals surface area (Å²) in [5, 5.41) is 12.2. The van der Waals surface area contributed by atoms with E-state index in [9.17, 15) is 19.2 Å². The molecule has 0 saturated carbocycles. The lowest BCUT2D eigenvalue weighted by Gasteiger charge is -2.43. The molecule has 0 aliphatic carbocycles. The first-order valence-electron chi connectivity index (χ1n) is 20.0. The van der Waals surface area contributed by atoms with Gasteiger partial charge in [0.1, 0.15) is 6.04 Å². The van der Waals surface area contributed by atoms with Gasteiger partial charge in [-0.3, -0.25) is 14.5 Å². The largest absolute Gasteiger partial charge is 0.426 e. The van der Waals surface area contributed by atoms with Gasteiger partial charge in [0.25, 0.3) is 5.56 Å². The van der Waals surface area contributed by atoms with Gasteiger partial charge in [0.15, 0.2) is 6.73 Å². The van der Waals surface area contributed by atoms with E-state index in [-0.39, 0.29) is 30.1 Å². The zero-order valence-electron chi connectivity index (χ0n) is 32.7. The highest BCUT2D eigenvalue weighted by atomic mass is 16.6. The molecule has 2 aromatic carbocycles. The van der Waals surface area contributed by atoms with Crippen molar-refractivity contribution in [2.24, 2.45) is 0 Å². The minimum atomic E-state index is -0.770. The normalized spacial score (nSPS) is 18.2. The Kier molecular flexibility index (Phi) is 12.4. The van der Waals surface area contributed by atoms with E-state index in [1.54, 1.807) is 21.9 Å². The molecule has 3 aliphatic rings. The van der Waals surface area contributed by atoms with E-state index in [2.05, 4.69) is 44.1 Å². The van der Waals surface area contributed by atoms with Gasteiger partial charge in [0, 0.05) is 74.7 Å². The van der Waals surface area contributed by atoms with E-state index in [1.165, 1.54) is 0 Å². The zero-order chi connectivity index (χ0) is 39.2. The monoisotopic (exact) mass is 765 g/mol. The highest BCUT2D eigenvalue weighted by Crippen LogP contribution is 2.28. The Labute approximate surface area is 327 Å². The van der Waals surface area contributed by atoms with Crippen molar-refractivity contribution < 1.29 is 19.1 Å². The summed E-state index contributed by atoms with van der Waals surface area (Å²) in [6, 6.07) is 13.3. The zero-order valence-corrected chi connectivity index (χ0v) is 32.7. The molecular formula is C42H55N9O5. The fourth-order valence-corrected chi connectivity index (χ4v) is 8.61. The van der Waals surface area contributed by atoms with Crippen LogP contribution in [0.3, 0.4) is 0 Å². The van der Waals surface area contributed by atoms with E-state index in [4.69, 9.17) is 4.74 Å². The number of hydrogen-bond acceptors (Lipinski definition) is 8. The number of aromatic amines is 1. The molecule has 56 heavy (non-hydrogen) atoms. The maximum Gasteiger partial charge on any atom is 0.408 e. The molecule has 14 heteroatoms. The fraction of sp³-hybridized carbons (Fsp3) is 0.500. The number of aromatic nitrogens is 3. The lowest BCUT2D eigenvalue weighted by atomic mass is 9.89. The molecule has 3 N–H and O–H groups in total. The number of aryl methyl sites for hydroxylation is 1. The molecule has 298 valence electrons. The first-order valence-corrected chi connectivity index (χ1v) is 20.0. The fourth-order valence-electron chi connectivity index (χ4n) is 8.61. The van der Waals surface area contributed by atoms with Crippen molar-refractivity contribution in [3.8, 4) is 0 Å². The molecule has 3 aliphatic heterocycles. The highest BCUT2D eigenvalue weighted by molar-refractivity contribution is 5.88. The number of fused-ring (bicyclic) bond motifs is 2. The Morgan fingerprint density at radius 1 is 0.964 bits per heavy atom. The number of nitrogens with zero attached hydrogens (tertiary/aromatic N) is 6. The summed E-state index contributed by atoms with van der Waals surface area (Å²) in [7, 11) is 2.17. The lowest BCUT2D eigenvalue weighted by Crippen LogP contribution is -2.59. The van der Waals surface area contributed by atoms with Crippen molar-refractivity contribution >= 4 is 39.8 Å². The molecule has 0 radical (unpaired) electrons. The Morgan fingerprint density at radius 2 is 1.71 bits per heavy atom. The van der Waals surface area contributed by atoms with Crippen LogP contribution in [0.2, 0.25) is 0 Å². The van der Waals surface area contributed by atoms with Crippen LogP contribution >= 0.6 is 0 Å². The van der Waals surface area contributed by atoms with Crippen LogP contribution in [0.5, 0.6) is 0 Å². The second-order valence-electron chi connectivity index (χ2n) is 15.6. The number of rotatable bonds is 11. The van der Waals surface area contributed by atoms with Gasteiger partial charge in [-0.2, -0.15) is 5.10 Å². The number of likely N-dealkylation sites (tertiary alicyclic amines) is 2. The van der Waals surface area contributed by atoms with Crippen LogP contribution in [-0.2, 0) is 22.7 Å². The first-order chi connectivity index (χ1) is 27.2. The van der Waals surface area contributed by atoms with Crippen LogP contribution in [0.25, 0.3) is 21.8 Å². The van der Waals surface area contributed by atoms with E-state index < -0.39 is 12.1 Å². The molecule has 5 heterocycles. The van der Waals surface area contributed by atoms with E-state index in [0.717, 1.165) is 77.5 Å². The van der Waals surface area contributed by atoms with Gasteiger partial charge >= 0.3 is 12.1 Å². The average molecular weight is 766 g/mol. The molecule has 2 aromatic heterocycles. The van der Waals surface area contributed by atoms with E-state index in [0.29, 0.717) is 64.4 Å². The van der Waals surface area contributed by atoms with Gasteiger partial charge in [0.05, 0.1) is 11.7 Å². The third-order valence-electron chi connectivity index (χ3n) is 11.8. The molecule has 1 atom stereocenters. The summed E-state index contributed by atoms with van der Waals surface area (Å²) >= 11 is 0. The molecule has 7 rings (SSSR count). The number of piperazine rings is 1. The van der Waals surface area contributed by atoms with Gasteiger partial charge in [0.2, 0.25) is 5.91 Å². The average Bonchev–Trinajstić information content (AvgIpc) is 3.63. The number of para-hydroxylation sites is 1. The number of benzene rings is 2. The van der Waals surface area contributed by atoms with Crippen molar-refractivity contribution in [1.29, 1.82) is 0 Å². The van der Waals surface area contributed by atoms with Crippen LogP contribution in [0.15, 0.2) is 66.1 Å². The van der Waals surface area contributed by atoms with Crippen LogP contribution < -0.4 is 16.2 Å². The SMILES string of the molecule is C=CCCNC(=O)OCn1ncc2cc(CC(NC(=O)N3CCC(c4cc5ccccc5[nH]c4=O)CC3)C(=O)N3CCN(C4CCN(C)CC4)CC3)cc(C)c21. The Bertz CT molecular complexity index is 2090. The number of carbonyl (C=O) groups excluding carboxylic acids is 3. The quantitative estimate of drug-likeness (QED) is 0.152. The number of carbonyl (C=O) groups is 3. The van der Waals surface area contributed by atoms with E-state index in [1.807, 2.05) is 54.3 Å². The van der Waals surface area contributed by atoms with Crippen LogP contribution in [0.1, 0.15) is 54.7 Å².